The number of esters is 1. The van der Waals surface area contributed by atoms with Crippen LogP contribution >= 0.6 is 11.6 Å². The van der Waals surface area contributed by atoms with Gasteiger partial charge < -0.3 is 29.4 Å². The van der Waals surface area contributed by atoms with Gasteiger partial charge in [-0.2, -0.15) is 5.26 Å². The number of rotatable bonds is 10. The van der Waals surface area contributed by atoms with Crippen LogP contribution in [-0.2, 0) is 6.61 Å². The number of halogens is 1. The van der Waals surface area contributed by atoms with Gasteiger partial charge in [-0.1, -0.05) is 61.0 Å². The summed E-state index contributed by atoms with van der Waals surface area (Å²) in [6.45, 7) is 2.72. The number of para-hydroxylation sites is 1. The van der Waals surface area contributed by atoms with Gasteiger partial charge in [-0.3, -0.25) is 0 Å². The smallest absolute Gasteiger partial charge is 0.347 e. The molecule has 9 heteroatoms. The Bertz CT molecular complexity index is 1730. The van der Waals surface area contributed by atoms with E-state index < -0.39 is 11.9 Å². The first-order valence-electron chi connectivity index (χ1n) is 13.6. The fourth-order valence-corrected chi connectivity index (χ4v) is 4.92. The number of carbonyl (C=O) groups is 1. The number of methoxy groups -OCH3 is 1. The highest BCUT2D eigenvalue weighted by atomic mass is 35.5. The van der Waals surface area contributed by atoms with Crippen molar-refractivity contribution in [2.24, 2.45) is 5.73 Å². The summed E-state index contributed by atoms with van der Waals surface area (Å²) in [5.74, 6) is 0.873. The first-order chi connectivity index (χ1) is 20.9. The van der Waals surface area contributed by atoms with Crippen LogP contribution < -0.4 is 29.4 Å². The van der Waals surface area contributed by atoms with Gasteiger partial charge in [-0.25, -0.2) is 4.79 Å². The highest BCUT2D eigenvalue weighted by molar-refractivity contribution is 6.31. The van der Waals surface area contributed by atoms with E-state index in [1.54, 1.807) is 67.8 Å². The first-order valence-corrected chi connectivity index (χ1v) is 14.0. The van der Waals surface area contributed by atoms with Crippen molar-refractivity contribution in [3.05, 3.63) is 124 Å². The predicted octanol–water partition coefficient (Wildman–Crippen LogP) is 7.15. The van der Waals surface area contributed by atoms with Crippen molar-refractivity contribution in [2.75, 3.05) is 13.7 Å². The molecule has 4 aromatic rings. The van der Waals surface area contributed by atoms with E-state index in [1.807, 2.05) is 31.2 Å². The Morgan fingerprint density at radius 1 is 0.977 bits per heavy atom. The lowest BCUT2D eigenvalue weighted by Gasteiger charge is -2.27. The van der Waals surface area contributed by atoms with Crippen molar-refractivity contribution < 1.29 is 28.5 Å². The summed E-state index contributed by atoms with van der Waals surface area (Å²) < 4.78 is 28.8. The molecule has 1 unspecified atom stereocenters. The second-order valence-corrected chi connectivity index (χ2v) is 10.1. The van der Waals surface area contributed by atoms with Crippen LogP contribution in [0.4, 0.5) is 0 Å². The van der Waals surface area contributed by atoms with Gasteiger partial charge in [0, 0.05) is 22.2 Å². The van der Waals surface area contributed by atoms with Crippen molar-refractivity contribution in [1.29, 1.82) is 5.26 Å². The fourth-order valence-electron chi connectivity index (χ4n) is 4.73. The standard InChI is InChI=1S/C34H29ClN2O6/c1-3-16-40-28-11-7-5-9-25(28)34(38)42-23-13-14-24-30(18-23)43-33(37)26(19-36)32(24)21-12-15-29(31(17-21)39-2)41-20-22-8-4-6-10-27(22)35/h4-15,17-18,32H,3,16,20,37H2,1-2H3. The van der Waals surface area contributed by atoms with Gasteiger partial charge in [0.25, 0.3) is 0 Å². The number of hydrogen-bond donors (Lipinski definition) is 1. The summed E-state index contributed by atoms with van der Waals surface area (Å²) in [6, 6.07) is 26.9. The van der Waals surface area contributed by atoms with Gasteiger partial charge in [0.15, 0.2) is 11.5 Å². The van der Waals surface area contributed by atoms with E-state index in [4.69, 9.17) is 41.0 Å². The molecule has 5 rings (SSSR count). The molecule has 1 heterocycles. The number of nitrogens with two attached hydrogens (primary N) is 1. The molecule has 0 spiro atoms. The van der Waals surface area contributed by atoms with Crippen LogP contribution in [-0.4, -0.2) is 19.7 Å². The zero-order chi connectivity index (χ0) is 30.3. The second-order valence-electron chi connectivity index (χ2n) is 9.65. The average Bonchev–Trinajstić information content (AvgIpc) is 3.02. The summed E-state index contributed by atoms with van der Waals surface area (Å²) in [4.78, 5) is 13.0. The van der Waals surface area contributed by atoms with Gasteiger partial charge in [-0.15, -0.1) is 0 Å². The molecule has 0 amide bonds. The normalized spacial score (nSPS) is 13.8. The molecule has 0 fully saturated rings. The maximum atomic E-state index is 13.0. The molecule has 0 aliphatic carbocycles. The van der Waals surface area contributed by atoms with E-state index in [2.05, 4.69) is 6.07 Å². The number of ether oxygens (including phenoxy) is 5. The van der Waals surface area contributed by atoms with Crippen LogP contribution in [0.5, 0.6) is 28.7 Å². The molecule has 4 aromatic carbocycles. The van der Waals surface area contributed by atoms with Gasteiger partial charge in [0.05, 0.1) is 19.6 Å². The molecular weight excluding hydrogens is 568 g/mol. The predicted molar refractivity (Wildman–Crippen MR) is 162 cm³/mol. The maximum Gasteiger partial charge on any atom is 0.347 e. The molecule has 1 atom stereocenters. The molecule has 1 aliphatic rings. The van der Waals surface area contributed by atoms with Crippen LogP contribution in [0.25, 0.3) is 0 Å². The minimum atomic E-state index is -0.572. The highest BCUT2D eigenvalue weighted by Crippen LogP contribution is 2.45. The van der Waals surface area contributed by atoms with Gasteiger partial charge in [0.1, 0.15) is 41.1 Å². The molecule has 0 bridgehead atoms. The topological polar surface area (TPSA) is 113 Å². The van der Waals surface area contributed by atoms with Crippen LogP contribution in [0.15, 0.2) is 96.4 Å². The monoisotopic (exact) mass is 596 g/mol. The third kappa shape index (κ3) is 6.37. The van der Waals surface area contributed by atoms with Gasteiger partial charge in [0.2, 0.25) is 5.88 Å². The number of benzene rings is 4. The highest BCUT2D eigenvalue weighted by Gasteiger charge is 2.32. The quantitative estimate of drug-likeness (QED) is 0.152. The third-order valence-corrected chi connectivity index (χ3v) is 7.20. The molecule has 43 heavy (non-hydrogen) atoms. The summed E-state index contributed by atoms with van der Waals surface area (Å²) in [5, 5.41) is 10.6. The van der Waals surface area contributed by atoms with E-state index in [1.165, 1.54) is 0 Å². The molecule has 0 aromatic heterocycles. The molecule has 1 aliphatic heterocycles. The van der Waals surface area contributed by atoms with Crippen LogP contribution in [0.1, 0.15) is 46.3 Å². The SMILES string of the molecule is CCCOc1ccccc1C(=O)Oc1ccc2c(c1)OC(N)=C(C#N)C2c1ccc(OCc2ccccc2Cl)c(OC)c1. The maximum absolute atomic E-state index is 13.0. The number of nitrogens with zero attached hydrogens (tertiary/aromatic N) is 1. The van der Waals surface area contributed by atoms with Crippen LogP contribution in [0.3, 0.4) is 0 Å². The van der Waals surface area contributed by atoms with Crippen molar-refractivity contribution in [1.82, 2.24) is 0 Å². The molecule has 0 saturated carbocycles. The van der Waals surface area contributed by atoms with Crippen LogP contribution in [0.2, 0.25) is 5.02 Å². The van der Waals surface area contributed by atoms with Gasteiger partial charge in [-0.05, 0) is 48.4 Å². The van der Waals surface area contributed by atoms with Crippen LogP contribution in [0, 0.1) is 11.3 Å². The van der Waals surface area contributed by atoms with E-state index in [-0.39, 0.29) is 23.8 Å². The summed E-state index contributed by atoms with van der Waals surface area (Å²) in [6.07, 6.45) is 0.802. The number of nitriles is 1. The second kappa shape index (κ2) is 13.2. The van der Waals surface area contributed by atoms with E-state index in [0.717, 1.165) is 17.5 Å². The number of allylic oxidation sites excluding steroid dienone is 1. The minimum absolute atomic E-state index is 0.0419. The van der Waals surface area contributed by atoms with E-state index in [0.29, 0.717) is 45.8 Å². The molecule has 0 radical (unpaired) electrons. The number of hydrogen-bond acceptors (Lipinski definition) is 8. The Balaban J connectivity index is 1.42. The lowest BCUT2D eigenvalue weighted by atomic mass is 9.83. The Kier molecular flexibility index (Phi) is 9.04. The van der Waals surface area contributed by atoms with Crippen molar-refractivity contribution in [3.8, 4) is 34.8 Å². The zero-order valence-corrected chi connectivity index (χ0v) is 24.4. The molecular formula is C34H29ClN2O6. The number of carbonyl (C=O) groups excluding carboxylic acids is 1. The molecule has 218 valence electrons. The lowest BCUT2D eigenvalue weighted by Crippen LogP contribution is -2.21. The first kappa shape index (κ1) is 29.4. The van der Waals surface area contributed by atoms with Gasteiger partial charge >= 0.3 is 5.97 Å². The molecule has 2 N–H and O–H groups in total. The Morgan fingerprint density at radius 3 is 2.53 bits per heavy atom. The van der Waals surface area contributed by atoms with Crippen molar-refractivity contribution in [2.45, 2.75) is 25.9 Å². The minimum Gasteiger partial charge on any atom is -0.493 e. The Hall–Kier alpha value is -5.13. The van der Waals surface area contributed by atoms with E-state index >= 15 is 0 Å². The molecule has 8 nitrogen and oxygen atoms in total. The number of fused-ring (bicyclic) bond motifs is 1. The molecule has 0 saturated heterocycles. The average molecular weight is 597 g/mol. The van der Waals surface area contributed by atoms with Crippen molar-refractivity contribution >= 4 is 17.6 Å². The summed E-state index contributed by atoms with van der Waals surface area (Å²) in [5.41, 5.74) is 9.00. The lowest BCUT2D eigenvalue weighted by molar-refractivity contribution is 0.0730. The Morgan fingerprint density at radius 2 is 1.77 bits per heavy atom. The third-order valence-electron chi connectivity index (χ3n) is 6.83. The van der Waals surface area contributed by atoms with Crippen molar-refractivity contribution in [3.63, 3.8) is 0 Å². The summed E-state index contributed by atoms with van der Waals surface area (Å²) in [7, 11) is 1.54. The Labute approximate surface area is 254 Å². The summed E-state index contributed by atoms with van der Waals surface area (Å²) >= 11 is 6.28. The largest absolute Gasteiger partial charge is 0.493 e. The fraction of sp³-hybridized carbons (Fsp3) is 0.176. The van der Waals surface area contributed by atoms with E-state index in [9.17, 15) is 10.1 Å². The zero-order valence-electron chi connectivity index (χ0n) is 23.6.